The van der Waals surface area contributed by atoms with Gasteiger partial charge >= 0.3 is 5.97 Å². The van der Waals surface area contributed by atoms with Crippen molar-refractivity contribution < 1.29 is 14.3 Å². The Hall–Kier alpha value is -1.89. The molecule has 0 aliphatic carbocycles. The van der Waals surface area contributed by atoms with E-state index in [0.717, 1.165) is 0 Å². The Kier molecular flexibility index (Phi) is 3.33. The van der Waals surface area contributed by atoms with Crippen LogP contribution in [0.25, 0.3) is 0 Å². The standard InChI is InChI=1S/C10H11ClN4O3/c1-18-9(17)5-2-7(16)15(4-5)8-6(12)3-13-10(11)14-8/h3,5H,2,4,12H2,1H3. The summed E-state index contributed by atoms with van der Waals surface area (Å²) in [5.41, 5.74) is 5.93. The summed E-state index contributed by atoms with van der Waals surface area (Å²) in [6.45, 7) is 0.184. The number of amides is 1. The van der Waals surface area contributed by atoms with Gasteiger partial charge in [-0.1, -0.05) is 0 Å². The third-order valence-corrected chi connectivity index (χ3v) is 2.86. The second kappa shape index (κ2) is 4.77. The number of rotatable bonds is 2. The normalized spacial score (nSPS) is 19.1. The van der Waals surface area contributed by atoms with Crippen LogP contribution in [0.15, 0.2) is 6.20 Å². The van der Waals surface area contributed by atoms with Gasteiger partial charge in [-0.05, 0) is 11.6 Å². The van der Waals surface area contributed by atoms with Gasteiger partial charge in [0.15, 0.2) is 5.82 Å². The van der Waals surface area contributed by atoms with Crippen molar-refractivity contribution in [3.8, 4) is 0 Å². The molecule has 2 N–H and O–H groups in total. The monoisotopic (exact) mass is 270 g/mol. The van der Waals surface area contributed by atoms with E-state index < -0.39 is 11.9 Å². The number of nitrogens with two attached hydrogens (primary N) is 1. The first-order chi connectivity index (χ1) is 8.52. The minimum absolute atomic E-state index is 0.00600. The minimum Gasteiger partial charge on any atom is -0.469 e. The molecule has 18 heavy (non-hydrogen) atoms. The van der Waals surface area contributed by atoms with Crippen molar-refractivity contribution >= 4 is 35.0 Å². The number of nitrogen functional groups attached to an aromatic ring is 1. The Morgan fingerprint density at radius 1 is 1.67 bits per heavy atom. The molecule has 1 fully saturated rings. The summed E-state index contributed by atoms with van der Waals surface area (Å²) in [7, 11) is 1.28. The smallest absolute Gasteiger partial charge is 0.311 e. The summed E-state index contributed by atoms with van der Waals surface area (Å²) in [4.78, 5) is 32.2. The maximum Gasteiger partial charge on any atom is 0.311 e. The Morgan fingerprint density at radius 2 is 2.39 bits per heavy atom. The first kappa shape index (κ1) is 12.6. The van der Waals surface area contributed by atoms with Gasteiger partial charge in [-0.25, -0.2) is 4.98 Å². The summed E-state index contributed by atoms with van der Waals surface area (Å²) in [5.74, 6) is -0.946. The van der Waals surface area contributed by atoms with Gasteiger partial charge < -0.3 is 10.5 Å². The number of carbonyl (C=O) groups is 2. The molecule has 0 saturated carbocycles. The van der Waals surface area contributed by atoms with Crippen molar-refractivity contribution in [2.75, 3.05) is 24.3 Å². The molecule has 1 aliphatic rings. The highest BCUT2D eigenvalue weighted by molar-refractivity contribution is 6.28. The molecule has 7 nitrogen and oxygen atoms in total. The third-order valence-electron chi connectivity index (χ3n) is 2.68. The van der Waals surface area contributed by atoms with E-state index in [0.29, 0.717) is 0 Å². The SMILES string of the molecule is COC(=O)C1CC(=O)N(c2nc(Cl)ncc2N)C1. The van der Waals surface area contributed by atoms with Gasteiger partial charge in [-0.15, -0.1) is 0 Å². The van der Waals surface area contributed by atoms with Gasteiger partial charge in [0.2, 0.25) is 11.2 Å². The van der Waals surface area contributed by atoms with Crippen molar-refractivity contribution in [1.82, 2.24) is 9.97 Å². The quantitative estimate of drug-likeness (QED) is 0.610. The molecule has 1 amide bonds. The number of hydrogen-bond acceptors (Lipinski definition) is 6. The second-order valence-corrected chi connectivity index (χ2v) is 4.18. The minimum atomic E-state index is -0.504. The van der Waals surface area contributed by atoms with Gasteiger partial charge in [-0.3, -0.25) is 14.5 Å². The van der Waals surface area contributed by atoms with E-state index in [1.165, 1.54) is 18.2 Å². The highest BCUT2D eigenvalue weighted by Gasteiger charge is 2.37. The fourth-order valence-corrected chi connectivity index (χ4v) is 1.94. The van der Waals surface area contributed by atoms with Crippen LogP contribution < -0.4 is 10.6 Å². The van der Waals surface area contributed by atoms with Gasteiger partial charge in [0.05, 0.1) is 24.9 Å². The largest absolute Gasteiger partial charge is 0.469 e. The zero-order valence-corrected chi connectivity index (χ0v) is 10.3. The molecule has 2 rings (SSSR count). The van der Waals surface area contributed by atoms with Gasteiger partial charge in [0.25, 0.3) is 0 Å². The Bertz CT molecular complexity index is 508. The van der Waals surface area contributed by atoms with E-state index in [-0.39, 0.29) is 35.7 Å². The molecular formula is C10H11ClN4O3. The average Bonchev–Trinajstić information content (AvgIpc) is 2.73. The first-order valence-electron chi connectivity index (χ1n) is 5.19. The van der Waals surface area contributed by atoms with Crippen LogP contribution in [0.2, 0.25) is 5.28 Å². The van der Waals surface area contributed by atoms with Crippen LogP contribution in [0.1, 0.15) is 6.42 Å². The fourth-order valence-electron chi connectivity index (χ4n) is 1.81. The zero-order chi connectivity index (χ0) is 13.3. The summed E-state index contributed by atoms with van der Waals surface area (Å²) < 4.78 is 4.61. The van der Waals surface area contributed by atoms with Gasteiger partial charge in [0, 0.05) is 13.0 Å². The maximum absolute atomic E-state index is 11.8. The molecule has 0 radical (unpaired) electrons. The first-order valence-corrected chi connectivity index (χ1v) is 5.57. The lowest BCUT2D eigenvalue weighted by atomic mass is 10.1. The second-order valence-electron chi connectivity index (χ2n) is 3.85. The van der Waals surface area contributed by atoms with Crippen LogP contribution in [0.4, 0.5) is 11.5 Å². The molecule has 1 aromatic rings. The Morgan fingerprint density at radius 3 is 3.06 bits per heavy atom. The van der Waals surface area contributed by atoms with E-state index in [1.807, 2.05) is 0 Å². The number of nitrogens with zero attached hydrogens (tertiary/aromatic N) is 3. The summed E-state index contributed by atoms with van der Waals surface area (Å²) >= 11 is 5.66. The van der Waals surface area contributed by atoms with Crippen LogP contribution >= 0.6 is 11.6 Å². The lowest BCUT2D eigenvalue weighted by molar-refractivity contribution is -0.145. The molecule has 8 heteroatoms. The van der Waals surface area contributed by atoms with Crippen molar-refractivity contribution in [1.29, 1.82) is 0 Å². The number of carbonyl (C=O) groups excluding carboxylic acids is 2. The van der Waals surface area contributed by atoms with Crippen LogP contribution in [0.5, 0.6) is 0 Å². The van der Waals surface area contributed by atoms with Crippen molar-refractivity contribution in [2.45, 2.75) is 6.42 Å². The Labute approximate surface area is 108 Å². The van der Waals surface area contributed by atoms with Crippen LogP contribution in [-0.2, 0) is 14.3 Å². The Balaban J connectivity index is 2.27. The van der Waals surface area contributed by atoms with E-state index >= 15 is 0 Å². The molecule has 1 aliphatic heterocycles. The molecule has 1 unspecified atom stereocenters. The highest BCUT2D eigenvalue weighted by atomic mass is 35.5. The number of hydrogen-bond donors (Lipinski definition) is 1. The molecule has 1 aromatic heterocycles. The van der Waals surface area contributed by atoms with E-state index in [2.05, 4.69) is 14.7 Å². The number of halogens is 1. The number of methoxy groups -OCH3 is 1. The zero-order valence-electron chi connectivity index (χ0n) is 9.59. The molecule has 96 valence electrons. The van der Waals surface area contributed by atoms with Crippen LogP contribution in [0.3, 0.4) is 0 Å². The lowest BCUT2D eigenvalue weighted by Gasteiger charge is -2.16. The maximum atomic E-state index is 11.8. The van der Waals surface area contributed by atoms with Crippen molar-refractivity contribution in [2.24, 2.45) is 5.92 Å². The van der Waals surface area contributed by atoms with Crippen LogP contribution in [0, 0.1) is 5.92 Å². The number of esters is 1. The van der Waals surface area contributed by atoms with Gasteiger partial charge in [0.1, 0.15) is 0 Å². The number of aromatic nitrogens is 2. The molecule has 1 atom stereocenters. The molecule has 0 bridgehead atoms. The molecular weight excluding hydrogens is 260 g/mol. The highest BCUT2D eigenvalue weighted by Crippen LogP contribution is 2.28. The number of ether oxygens (including phenoxy) is 1. The lowest BCUT2D eigenvalue weighted by Crippen LogP contribution is -2.28. The summed E-state index contributed by atoms with van der Waals surface area (Å²) in [5, 5.41) is -0.00600. The van der Waals surface area contributed by atoms with E-state index in [4.69, 9.17) is 17.3 Å². The molecule has 1 saturated heterocycles. The molecule has 0 aromatic carbocycles. The third kappa shape index (κ3) is 2.21. The predicted molar refractivity (Wildman–Crippen MR) is 63.9 cm³/mol. The van der Waals surface area contributed by atoms with E-state index in [9.17, 15) is 9.59 Å². The number of anilines is 2. The summed E-state index contributed by atoms with van der Waals surface area (Å²) in [6, 6.07) is 0. The van der Waals surface area contributed by atoms with Gasteiger partial charge in [-0.2, -0.15) is 4.98 Å². The topological polar surface area (TPSA) is 98.4 Å². The molecule has 0 spiro atoms. The fraction of sp³-hybridized carbons (Fsp3) is 0.400. The van der Waals surface area contributed by atoms with Crippen molar-refractivity contribution in [3.05, 3.63) is 11.5 Å². The molecule has 2 heterocycles. The van der Waals surface area contributed by atoms with Crippen LogP contribution in [-0.4, -0.2) is 35.5 Å². The van der Waals surface area contributed by atoms with Crippen molar-refractivity contribution in [3.63, 3.8) is 0 Å². The summed E-state index contributed by atoms with van der Waals surface area (Å²) in [6.07, 6.45) is 1.40. The average molecular weight is 271 g/mol. The van der Waals surface area contributed by atoms with E-state index in [1.54, 1.807) is 0 Å². The predicted octanol–water partition coefficient (Wildman–Crippen LogP) is 0.238.